The van der Waals surface area contributed by atoms with E-state index in [0.29, 0.717) is 5.56 Å². The van der Waals surface area contributed by atoms with Crippen LogP contribution >= 0.6 is 23.2 Å². The maximum absolute atomic E-state index is 11.8. The molecular formula is C8H6Cl2F2O. The summed E-state index contributed by atoms with van der Waals surface area (Å²) >= 11 is 11.2. The Hall–Kier alpha value is -0.540. The van der Waals surface area contributed by atoms with Crippen molar-refractivity contribution in [3.8, 4) is 5.75 Å². The van der Waals surface area contributed by atoms with Crippen LogP contribution in [0.5, 0.6) is 5.75 Å². The summed E-state index contributed by atoms with van der Waals surface area (Å²) in [5, 5.41) is 0.137. The number of alkyl halides is 3. The highest BCUT2D eigenvalue weighted by molar-refractivity contribution is 6.33. The lowest BCUT2D eigenvalue weighted by Crippen LogP contribution is -2.02. The Labute approximate surface area is 84.2 Å². The molecule has 13 heavy (non-hydrogen) atoms. The van der Waals surface area contributed by atoms with Crippen molar-refractivity contribution in [3.63, 3.8) is 0 Å². The number of hydrogen-bond acceptors (Lipinski definition) is 1. The van der Waals surface area contributed by atoms with Crippen molar-refractivity contribution in [2.75, 3.05) is 0 Å². The Balaban J connectivity index is 2.94. The number of hydrogen-bond donors (Lipinski definition) is 0. The van der Waals surface area contributed by atoms with Crippen molar-refractivity contribution in [2.45, 2.75) is 12.5 Å². The Morgan fingerprint density at radius 3 is 2.62 bits per heavy atom. The summed E-state index contributed by atoms with van der Waals surface area (Å²) in [5.74, 6) is 0.119. The van der Waals surface area contributed by atoms with Gasteiger partial charge in [-0.05, 0) is 11.6 Å². The molecule has 0 atom stereocenters. The van der Waals surface area contributed by atoms with Crippen molar-refractivity contribution >= 4 is 23.2 Å². The molecule has 0 spiro atoms. The van der Waals surface area contributed by atoms with Crippen LogP contribution in [-0.2, 0) is 5.88 Å². The summed E-state index contributed by atoms with van der Waals surface area (Å²) in [6.07, 6.45) is 0. The highest BCUT2D eigenvalue weighted by Gasteiger charge is 2.10. The van der Waals surface area contributed by atoms with Crippen LogP contribution in [0.2, 0.25) is 5.02 Å². The summed E-state index contributed by atoms with van der Waals surface area (Å²) in [6.45, 7) is -2.87. The molecule has 0 aromatic heterocycles. The van der Waals surface area contributed by atoms with Crippen LogP contribution in [0.3, 0.4) is 0 Å². The minimum atomic E-state index is -2.87. The molecule has 1 rings (SSSR count). The largest absolute Gasteiger partial charge is 0.433 e. The predicted molar refractivity (Wildman–Crippen MR) is 47.6 cm³/mol. The van der Waals surface area contributed by atoms with Gasteiger partial charge < -0.3 is 4.74 Å². The summed E-state index contributed by atoms with van der Waals surface area (Å²) in [5.41, 5.74) is 0.571. The molecule has 0 aliphatic rings. The zero-order chi connectivity index (χ0) is 9.84. The molecule has 0 saturated carbocycles. The molecule has 0 amide bonds. The topological polar surface area (TPSA) is 9.23 Å². The van der Waals surface area contributed by atoms with E-state index >= 15 is 0 Å². The lowest BCUT2D eigenvalue weighted by molar-refractivity contribution is -0.0498. The van der Waals surface area contributed by atoms with E-state index in [2.05, 4.69) is 4.74 Å². The van der Waals surface area contributed by atoms with Crippen molar-refractivity contribution in [2.24, 2.45) is 0 Å². The van der Waals surface area contributed by atoms with Crippen molar-refractivity contribution in [1.29, 1.82) is 0 Å². The maximum atomic E-state index is 11.8. The minimum absolute atomic E-state index is 0.0465. The van der Waals surface area contributed by atoms with Gasteiger partial charge in [0.1, 0.15) is 5.75 Å². The van der Waals surface area contributed by atoms with Crippen molar-refractivity contribution in [1.82, 2.24) is 0 Å². The third-order valence-electron chi connectivity index (χ3n) is 1.40. The first-order chi connectivity index (χ1) is 6.15. The van der Waals surface area contributed by atoms with E-state index < -0.39 is 6.61 Å². The van der Waals surface area contributed by atoms with Crippen LogP contribution in [0.1, 0.15) is 5.56 Å². The second kappa shape index (κ2) is 4.63. The van der Waals surface area contributed by atoms with Crippen LogP contribution in [-0.4, -0.2) is 6.61 Å². The van der Waals surface area contributed by atoms with Crippen LogP contribution in [0.25, 0.3) is 0 Å². The molecule has 0 aliphatic heterocycles. The van der Waals surface area contributed by atoms with Gasteiger partial charge in [0.25, 0.3) is 0 Å². The summed E-state index contributed by atoms with van der Waals surface area (Å²) < 4.78 is 27.8. The number of benzene rings is 1. The van der Waals surface area contributed by atoms with Gasteiger partial charge in [-0.3, -0.25) is 0 Å². The fourth-order valence-corrected chi connectivity index (χ4v) is 1.37. The van der Waals surface area contributed by atoms with Crippen LogP contribution in [0.4, 0.5) is 8.78 Å². The van der Waals surface area contributed by atoms with E-state index in [1.807, 2.05) is 0 Å². The van der Waals surface area contributed by atoms with E-state index in [-0.39, 0.29) is 16.7 Å². The van der Waals surface area contributed by atoms with Crippen LogP contribution in [0, 0.1) is 0 Å². The smallest absolute Gasteiger partial charge is 0.387 e. The molecule has 5 heteroatoms. The lowest BCUT2D eigenvalue weighted by atomic mass is 10.2. The predicted octanol–water partition coefficient (Wildman–Crippen LogP) is 3.68. The monoisotopic (exact) mass is 226 g/mol. The molecule has 1 aromatic carbocycles. The highest BCUT2D eigenvalue weighted by Crippen LogP contribution is 2.30. The average molecular weight is 227 g/mol. The third-order valence-corrected chi connectivity index (χ3v) is 2.12. The van der Waals surface area contributed by atoms with Gasteiger partial charge in [-0.2, -0.15) is 8.78 Å². The molecule has 0 saturated heterocycles. The Kier molecular flexibility index (Phi) is 3.75. The molecule has 0 bridgehead atoms. The first-order valence-electron chi connectivity index (χ1n) is 3.43. The van der Waals surface area contributed by atoms with E-state index in [0.717, 1.165) is 0 Å². The van der Waals surface area contributed by atoms with Gasteiger partial charge in [0.15, 0.2) is 0 Å². The van der Waals surface area contributed by atoms with Crippen LogP contribution < -0.4 is 4.74 Å². The molecule has 0 unspecified atom stereocenters. The SMILES string of the molecule is FC(F)Oc1cccc(CCl)c1Cl. The molecule has 0 fully saturated rings. The fraction of sp³-hybridized carbons (Fsp3) is 0.250. The molecule has 1 aromatic rings. The van der Waals surface area contributed by atoms with E-state index in [4.69, 9.17) is 23.2 Å². The van der Waals surface area contributed by atoms with Gasteiger partial charge in [-0.15, -0.1) is 11.6 Å². The number of ether oxygens (including phenoxy) is 1. The quantitative estimate of drug-likeness (QED) is 0.715. The number of halogens is 4. The first-order valence-corrected chi connectivity index (χ1v) is 4.34. The maximum Gasteiger partial charge on any atom is 0.387 e. The zero-order valence-corrected chi connectivity index (χ0v) is 7.95. The minimum Gasteiger partial charge on any atom is -0.433 e. The Morgan fingerprint density at radius 1 is 1.38 bits per heavy atom. The average Bonchev–Trinajstić information content (AvgIpc) is 2.08. The second-order valence-electron chi connectivity index (χ2n) is 2.24. The molecule has 0 N–H and O–H groups in total. The van der Waals surface area contributed by atoms with Crippen LogP contribution in [0.15, 0.2) is 18.2 Å². The molecule has 0 heterocycles. The fourth-order valence-electron chi connectivity index (χ4n) is 0.846. The van der Waals surface area contributed by atoms with Gasteiger partial charge in [0.05, 0.1) is 5.02 Å². The summed E-state index contributed by atoms with van der Waals surface area (Å²) in [7, 11) is 0. The second-order valence-corrected chi connectivity index (χ2v) is 2.89. The summed E-state index contributed by atoms with van der Waals surface area (Å²) in [4.78, 5) is 0. The summed E-state index contributed by atoms with van der Waals surface area (Å²) in [6, 6.07) is 4.57. The molecule has 1 nitrogen and oxygen atoms in total. The molecular weight excluding hydrogens is 221 g/mol. The molecule has 0 aliphatic carbocycles. The van der Waals surface area contributed by atoms with Gasteiger partial charge in [0, 0.05) is 5.88 Å². The zero-order valence-electron chi connectivity index (χ0n) is 6.44. The van der Waals surface area contributed by atoms with Gasteiger partial charge in [-0.25, -0.2) is 0 Å². The van der Waals surface area contributed by atoms with Crippen molar-refractivity contribution < 1.29 is 13.5 Å². The lowest BCUT2D eigenvalue weighted by Gasteiger charge is -2.08. The van der Waals surface area contributed by atoms with Gasteiger partial charge >= 0.3 is 6.61 Å². The highest BCUT2D eigenvalue weighted by atomic mass is 35.5. The van der Waals surface area contributed by atoms with E-state index in [1.165, 1.54) is 6.07 Å². The normalized spacial score (nSPS) is 10.5. The Bertz CT molecular complexity index is 291. The van der Waals surface area contributed by atoms with Crippen molar-refractivity contribution in [3.05, 3.63) is 28.8 Å². The third kappa shape index (κ3) is 2.71. The van der Waals surface area contributed by atoms with Gasteiger partial charge in [0.2, 0.25) is 0 Å². The van der Waals surface area contributed by atoms with E-state index in [9.17, 15) is 8.78 Å². The molecule has 72 valence electrons. The van der Waals surface area contributed by atoms with Gasteiger partial charge in [-0.1, -0.05) is 23.7 Å². The standard InChI is InChI=1S/C8H6Cl2F2O/c9-4-5-2-1-3-6(7(5)10)13-8(11)12/h1-3,8H,4H2. The number of rotatable bonds is 3. The molecule has 0 radical (unpaired) electrons. The van der Waals surface area contributed by atoms with E-state index in [1.54, 1.807) is 12.1 Å². The first kappa shape index (κ1) is 10.5. The Morgan fingerprint density at radius 2 is 2.08 bits per heavy atom.